The SMILES string of the molecule is COc1cc(OC)nc(NC(=O)NOS(=O)c2ncccc2OCC(F)F)n1. The van der Waals surface area contributed by atoms with Crippen molar-refractivity contribution in [2.24, 2.45) is 0 Å². The van der Waals surface area contributed by atoms with Crippen LogP contribution in [0.5, 0.6) is 17.5 Å². The van der Waals surface area contributed by atoms with Crippen LogP contribution in [0.4, 0.5) is 19.5 Å². The third-order valence-corrected chi connectivity index (χ3v) is 3.65. The van der Waals surface area contributed by atoms with E-state index in [9.17, 15) is 17.8 Å². The zero-order valence-electron chi connectivity index (χ0n) is 14.5. The number of nitrogens with zero attached hydrogens (tertiary/aromatic N) is 3. The number of alkyl halides is 2. The second-order valence-electron chi connectivity index (χ2n) is 4.66. The van der Waals surface area contributed by atoms with Gasteiger partial charge in [-0.25, -0.2) is 28.2 Å². The van der Waals surface area contributed by atoms with Crippen molar-refractivity contribution in [3.63, 3.8) is 0 Å². The molecule has 28 heavy (non-hydrogen) atoms. The Hall–Kier alpha value is -3.13. The molecule has 0 saturated heterocycles. The van der Waals surface area contributed by atoms with E-state index in [1.165, 1.54) is 38.6 Å². The topological polar surface area (TPSA) is 134 Å². The summed E-state index contributed by atoms with van der Waals surface area (Å²) in [7, 11) is 2.72. The molecule has 2 aromatic rings. The number of methoxy groups -OCH3 is 2. The molecule has 11 nitrogen and oxygen atoms in total. The number of aromatic nitrogens is 3. The molecule has 2 heterocycles. The first-order valence-corrected chi connectivity index (χ1v) is 8.49. The summed E-state index contributed by atoms with van der Waals surface area (Å²) >= 11 is -2.34. The summed E-state index contributed by atoms with van der Waals surface area (Å²) in [5.74, 6) is -0.104. The van der Waals surface area contributed by atoms with Crippen LogP contribution in [0, 0.1) is 0 Å². The minimum absolute atomic E-state index is 0.126. The van der Waals surface area contributed by atoms with Crippen LogP contribution in [0.2, 0.25) is 0 Å². The molecule has 1 atom stereocenters. The van der Waals surface area contributed by atoms with Crippen molar-refractivity contribution in [2.45, 2.75) is 11.5 Å². The molecular weight excluding hydrogens is 404 g/mol. The van der Waals surface area contributed by atoms with Crippen LogP contribution in [-0.2, 0) is 15.4 Å². The number of urea groups is 1. The number of anilines is 1. The lowest BCUT2D eigenvalue weighted by Gasteiger charge is -2.10. The van der Waals surface area contributed by atoms with Crippen molar-refractivity contribution in [1.29, 1.82) is 0 Å². The summed E-state index contributed by atoms with van der Waals surface area (Å²) in [5, 5.41) is 1.92. The normalized spacial score (nSPS) is 11.6. The van der Waals surface area contributed by atoms with E-state index in [0.717, 1.165) is 0 Å². The van der Waals surface area contributed by atoms with Gasteiger partial charge >= 0.3 is 6.03 Å². The van der Waals surface area contributed by atoms with Gasteiger partial charge in [0.2, 0.25) is 28.8 Å². The maximum atomic E-state index is 12.3. The maximum Gasteiger partial charge on any atom is 0.346 e. The number of hydrogen-bond acceptors (Lipinski definition) is 9. The van der Waals surface area contributed by atoms with Gasteiger partial charge in [-0.3, -0.25) is 5.32 Å². The van der Waals surface area contributed by atoms with Crippen molar-refractivity contribution < 1.29 is 36.3 Å². The number of hydrogen-bond donors (Lipinski definition) is 2. The van der Waals surface area contributed by atoms with Gasteiger partial charge in [0.05, 0.1) is 20.3 Å². The molecule has 0 aliphatic heterocycles. The van der Waals surface area contributed by atoms with Gasteiger partial charge in [0.1, 0.15) is 6.61 Å². The van der Waals surface area contributed by atoms with Gasteiger partial charge in [-0.05, 0) is 12.1 Å². The molecule has 0 bridgehead atoms. The maximum absolute atomic E-state index is 12.3. The average molecular weight is 419 g/mol. The van der Waals surface area contributed by atoms with Crippen LogP contribution in [-0.4, -0.2) is 52.4 Å². The summed E-state index contributed by atoms with van der Waals surface area (Å²) in [6, 6.07) is 3.09. The fourth-order valence-electron chi connectivity index (χ4n) is 1.68. The number of hydroxylamine groups is 1. The lowest BCUT2D eigenvalue weighted by Crippen LogP contribution is -2.30. The van der Waals surface area contributed by atoms with Crippen LogP contribution in [0.1, 0.15) is 0 Å². The van der Waals surface area contributed by atoms with E-state index in [4.69, 9.17) is 14.2 Å². The van der Waals surface area contributed by atoms with E-state index in [0.29, 0.717) is 0 Å². The molecule has 2 amide bonds. The standard InChI is InChI=1S/C14H15F2N5O6S/c1-24-10-6-11(25-2)19-13(18-10)20-14(22)21-27-28(23)12-8(4-3-5-17-12)26-7-9(15)16/h3-6,9H,7H2,1-2H3,(H2,18,19,20,21,22). The van der Waals surface area contributed by atoms with Gasteiger partial charge in [-0.1, -0.05) is 0 Å². The predicted molar refractivity (Wildman–Crippen MR) is 90.5 cm³/mol. The summed E-state index contributed by atoms with van der Waals surface area (Å²) in [5.41, 5.74) is 1.84. The van der Waals surface area contributed by atoms with E-state index in [1.54, 1.807) is 0 Å². The number of halogens is 2. The van der Waals surface area contributed by atoms with E-state index >= 15 is 0 Å². The average Bonchev–Trinajstić information content (AvgIpc) is 2.70. The molecule has 2 N–H and O–H groups in total. The van der Waals surface area contributed by atoms with Gasteiger partial charge in [0, 0.05) is 6.20 Å². The highest BCUT2D eigenvalue weighted by molar-refractivity contribution is 7.80. The molecule has 0 aliphatic carbocycles. The third kappa shape index (κ3) is 6.24. The molecule has 14 heteroatoms. The van der Waals surface area contributed by atoms with E-state index in [2.05, 4.69) is 24.6 Å². The zero-order valence-corrected chi connectivity index (χ0v) is 15.4. The van der Waals surface area contributed by atoms with Crippen LogP contribution in [0.15, 0.2) is 29.4 Å². The number of carbonyl (C=O) groups is 1. The summed E-state index contributed by atoms with van der Waals surface area (Å²) < 4.78 is 56.0. The molecule has 152 valence electrons. The molecule has 0 spiro atoms. The molecule has 0 aliphatic rings. The smallest absolute Gasteiger partial charge is 0.346 e. The highest BCUT2D eigenvalue weighted by atomic mass is 32.2. The zero-order chi connectivity index (χ0) is 20.5. The molecule has 2 rings (SSSR count). The fourth-order valence-corrected chi connectivity index (χ4v) is 2.34. The van der Waals surface area contributed by atoms with Crippen LogP contribution in [0.3, 0.4) is 0 Å². The van der Waals surface area contributed by atoms with Gasteiger partial charge in [0.15, 0.2) is 10.8 Å². The number of ether oxygens (including phenoxy) is 3. The lowest BCUT2D eigenvalue weighted by atomic mass is 10.5. The largest absolute Gasteiger partial charge is 0.485 e. The molecule has 0 radical (unpaired) electrons. The minimum Gasteiger partial charge on any atom is -0.485 e. The first kappa shape index (κ1) is 21.2. The predicted octanol–water partition coefficient (Wildman–Crippen LogP) is 1.31. The van der Waals surface area contributed by atoms with Crippen molar-refractivity contribution in [3.05, 3.63) is 24.4 Å². The molecule has 1 unspecified atom stereocenters. The van der Waals surface area contributed by atoms with Gasteiger partial charge in [-0.15, -0.1) is 0 Å². The highest BCUT2D eigenvalue weighted by Crippen LogP contribution is 2.20. The summed E-state index contributed by atoms with van der Waals surface area (Å²) in [6.45, 7) is -0.918. The van der Waals surface area contributed by atoms with Crippen molar-refractivity contribution in [2.75, 3.05) is 26.1 Å². The Bertz CT molecular complexity index is 821. The molecular formula is C14H15F2N5O6S. The van der Waals surface area contributed by atoms with Crippen molar-refractivity contribution in [1.82, 2.24) is 20.4 Å². The number of carbonyl (C=O) groups excluding carboxylic acids is 1. The van der Waals surface area contributed by atoms with Gasteiger partial charge in [-0.2, -0.15) is 14.3 Å². The van der Waals surface area contributed by atoms with Gasteiger partial charge in [0.25, 0.3) is 6.43 Å². The Labute approximate surface area is 160 Å². The molecule has 0 aromatic carbocycles. The first-order chi connectivity index (χ1) is 13.4. The minimum atomic E-state index is -2.73. The fraction of sp³-hybridized carbons (Fsp3) is 0.286. The van der Waals surface area contributed by atoms with Crippen LogP contribution < -0.4 is 25.0 Å². The molecule has 2 aromatic heterocycles. The van der Waals surface area contributed by atoms with E-state index < -0.39 is 30.1 Å². The Morgan fingerprint density at radius 3 is 2.54 bits per heavy atom. The number of rotatable bonds is 9. The Morgan fingerprint density at radius 1 is 1.25 bits per heavy atom. The number of amides is 2. The summed E-state index contributed by atoms with van der Waals surface area (Å²) in [6.07, 6.45) is -1.48. The number of pyridine rings is 1. The summed E-state index contributed by atoms with van der Waals surface area (Å²) in [4.78, 5) is 23.3. The molecule has 0 saturated carbocycles. The highest BCUT2D eigenvalue weighted by Gasteiger charge is 2.17. The second kappa shape index (κ2) is 10.3. The first-order valence-electron chi connectivity index (χ1n) is 7.42. The number of nitrogens with one attached hydrogen (secondary N) is 2. The second-order valence-corrected chi connectivity index (χ2v) is 5.68. The van der Waals surface area contributed by atoms with E-state index in [-0.39, 0.29) is 28.5 Å². The van der Waals surface area contributed by atoms with Gasteiger partial charge < -0.3 is 14.2 Å². The quantitative estimate of drug-likeness (QED) is 0.577. The van der Waals surface area contributed by atoms with Crippen molar-refractivity contribution >= 4 is 23.1 Å². The van der Waals surface area contributed by atoms with Crippen molar-refractivity contribution in [3.8, 4) is 17.5 Å². The Balaban J connectivity index is 1.97. The van der Waals surface area contributed by atoms with Crippen LogP contribution >= 0.6 is 0 Å². The third-order valence-electron chi connectivity index (χ3n) is 2.79. The van der Waals surface area contributed by atoms with E-state index in [1.807, 2.05) is 5.48 Å². The lowest BCUT2D eigenvalue weighted by molar-refractivity contribution is 0.0799. The van der Waals surface area contributed by atoms with Crippen LogP contribution in [0.25, 0.3) is 0 Å². The molecule has 0 fully saturated rings. The Morgan fingerprint density at radius 2 is 1.93 bits per heavy atom. The Kier molecular flexibility index (Phi) is 7.76. The monoisotopic (exact) mass is 419 g/mol.